The standard InChI is InChI=1S/C26H27F2N5O4/c1-35-22-3-2-18-23(33-22)15(17(28)11-29-18)4-5-26-8-6-25(7-9-26,14-37-26)30-12-19-16(27)10-20-24(31-19)32-21(34)13-36-20/h2-3,10-11,30H,4-9,12-14H2,1H3,(H,31,32,34). The molecule has 3 aromatic rings. The number of ether oxygens (including phenoxy) is 3. The van der Waals surface area contributed by atoms with E-state index in [0.717, 1.165) is 25.7 Å². The summed E-state index contributed by atoms with van der Waals surface area (Å²) in [5, 5.41) is 6.08. The highest BCUT2D eigenvalue weighted by molar-refractivity contribution is 5.94. The Balaban J connectivity index is 1.11. The summed E-state index contributed by atoms with van der Waals surface area (Å²) in [6, 6.07) is 4.75. The van der Waals surface area contributed by atoms with Gasteiger partial charge in [-0.15, -0.1) is 0 Å². The van der Waals surface area contributed by atoms with E-state index in [0.29, 0.717) is 41.9 Å². The van der Waals surface area contributed by atoms with Crippen LogP contribution in [-0.4, -0.2) is 52.3 Å². The lowest BCUT2D eigenvalue weighted by molar-refractivity contribution is -0.165. The molecule has 11 heteroatoms. The third-order valence-corrected chi connectivity index (χ3v) is 7.81. The number of pyridine rings is 3. The van der Waals surface area contributed by atoms with Gasteiger partial charge in [-0.3, -0.25) is 9.78 Å². The number of aromatic nitrogens is 3. The number of hydrogen-bond acceptors (Lipinski definition) is 8. The average molecular weight is 512 g/mol. The Morgan fingerprint density at radius 1 is 1.16 bits per heavy atom. The van der Waals surface area contributed by atoms with Crippen LogP contribution in [0.15, 0.2) is 24.4 Å². The van der Waals surface area contributed by atoms with Gasteiger partial charge in [0, 0.05) is 29.8 Å². The first kappa shape index (κ1) is 23.9. The van der Waals surface area contributed by atoms with Crippen LogP contribution in [0.25, 0.3) is 11.0 Å². The summed E-state index contributed by atoms with van der Waals surface area (Å²) in [7, 11) is 1.53. The molecule has 2 saturated heterocycles. The topological polar surface area (TPSA) is 107 Å². The summed E-state index contributed by atoms with van der Waals surface area (Å²) in [6.07, 6.45) is 5.71. The molecule has 194 valence electrons. The van der Waals surface area contributed by atoms with Crippen LogP contribution in [-0.2, 0) is 22.5 Å². The summed E-state index contributed by atoms with van der Waals surface area (Å²) in [6.45, 7) is 0.529. The number of carbonyl (C=O) groups excluding carboxylic acids is 1. The molecule has 37 heavy (non-hydrogen) atoms. The molecule has 2 N–H and O–H groups in total. The van der Waals surface area contributed by atoms with E-state index in [-0.39, 0.29) is 53.3 Å². The number of hydrogen-bond donors (Lipinski definition) is 2. The van der Waals surface area contributed by atoms with Gasteiger partial charge in [0.25, 0.3) is 5.91 Å². The van der Waals surface area contributed by atoms with Gasteiger partial charge in [0.05, 0.1) is 42.2 Å². The zero-order valence-electron chi connectivity index (χ0n) is 20.4. The molecular weight excluding hydrogens is 484 g/mol. The van der Waals surface area contributed by atoms with Crippen LogP contribution in [0.3, 0.4) is 0 Å². The Bertz CT molecular complexity index is 1360. The lowest BCUT2D eigenvalue weighted by Gasteiger charge is -2.53. The van der Waals surface area contributed by atoms with Crippen LogP contribution in [0.2, 0.25) is 0 Å². The molecule has 0 spiro atoms. The maximum atomic E-state index is 14.8. The SMILES string of the molecule is COc1ccc2ncc(F)c(CCC34CCC(NCc5nc6c(cc5F)OCC(=O)N6)(CC3)CO4)c2n1. The minimum atomic E-state index is -0.488. The van der Waals surface area contributed by atoms with Crippen molar-refractivity contribution in [1.82, 2.24) is 20.3 Å². The predicted octanol–water partition coefficient (Wildman–Crippen LogP) is 3.45. The smallest absolute Gasteiger partial charge is 0.263 e. The molecular formula is C26H27F2N5O4. The maximum absolute atomic E-state index is 14.8. The fourth-order valence-electron chi connectivity index (χ4n) is 5.51. The van der Waals surface area contributed by atoms with E-state index in [1.165, 1.54) is 19.4 Å². The number of carbonyl (C=O) groups is 1. The summed E-state index contributed by atoms with van der Waals surface area (Å²) in [5.74, 6) is -0.303. The van der Waals surface area contributed by atoms with Crippen molar-refractivity contribution < 1.29 is 27.8 Å². The van der Waals surface area contributed by atoms with Crippen LogP contribution in [0.1, 0.15) is 43.4 Å². The zero-order chi connectivity index (χ0) is 25.6. The molecule has 3 fully saturated rings. The van der Waals surface area contributed by atoms with Gasteiger partial charge in [0.2, 0.25) is 5.88 Å². The number of methoxy groups -OCH3 is 1. The molecule has 0 unspecified atom stereocenters. The van der Waals surface area contributed by atoms with Crippen molar-refractivity contribution in [2.45, 2.75) is 56.2 Å². The fraction of sp³-hybridized carbons (Fsp3) is 0.462. The van der Waals surface area contributed by atoms with Gasteiger partial charge in [-0.2, -0.15) is 0 Å². The van der Waals surface area contributed by atoms with E-state index < -0.39 is 5.82 Å². The van der Waals surface area contributed by atoms with E-state index in [2.05, 4.69) is 25.6 Å². The molecule has 2 bridgehead atoms. The van der Waals surface area contributed by atoms with E-state index in [4.69, 9.17) is 14.2 Å². The van der Waals surface area contributed by atoms with Crippen LogP contribution >= 0.6 is 0 Å². The zero-order valence-corrected chi connectivity index (χ0v) is 20.4. The van der Waals surface area contributed by atoms with E-state index in [9.17, 15) is 13.6 Å². The van der Waals surface area contributed by atoms with Gasteiger partial charge in [-0.25, -0.2) is 18.7 Å². The summed E-state index contributed by atoms with van der Waals surface area (Å²) >= 11 is 0. The Kier molecular flexibility index (Phi) is 5.91. The lowest BCUT2D eigenvalue weighted by Crippen LogP contribution is -2.61. The number of amides is 1. The normalized spacial score (nSPS) is 24.5. The number of anilines is 1. The second kappa shape index (κ2) is 9.14. The molecule has 1 amide bonds. The predicted molar refractivity (Wildman–Crippen MR) is 129 cm³/mol. The van der Waals surface area contributed by atoms with Crippen LogP contribution in [0.4, 0.5) is 14.6 Å². The largest absolute Gasteiger partial charge is 0.481 e. The summed E-state index contributed by atoms with van der Waals surface area (Å²) in [4.78, 5) is 24.4. The van der Waals surface area contributed by atoms with Crippen molar-refractivity contribution in [3.63, 3.8) is 0 Å². The van der Waals surface area contributed by atoms with Crippen molar-refractivity contribution in [2.75, 3.05) is 25.6 Å². The monoisotopic (exact) mass is 511 g/mol. The quantitative estimate of drug-likeness (QED) is 0.497. The van der Waals surface area contributed by atoms with Crippen molar-refractivity contribution in [1.29, 1.82) is 0 Å². The van der Waals surface area contributed by atoms with Gasteiger partial charge in [-0.1, -0.05) is 0 Å². The number of halogens is 2. The van der Waals surface area contributed by atoms with Gasteiger partial charge in [0.1, 0.15) is 11.6 Å². The van der Waals surface area contributed by atoms with E-state index in [1.54, 1.807) is 12.1 Å². The Labute approximate surface area is 211 Å². The molecule has 3 aliphatic heterocycles. The minimum Gasteiger partial charge on any atom is -0.481 e. The molecule has 1 aliphatic carbocycles. The molecule has 7 rings (SSSR count). The molecule has 0 radical (unpaired) electrons. The molecule has 0 aromatic carbocycles. The third-order valence-electron chi connectivity index (χ3n) is 7.81. The Morgan fingerprint density at radius 3 is 2.76 bits per heavy atom. The molecule has 3 aromatic heterocycles. The van der Waals surface area contributed by atoms with E-state index in [1.807, 2.05) is 0 Å². The Hall–Kier alpha value is -3.44. The molecule has 4 aliphatic rings. The number of nitrogens with zero attached hydrogens (tertiary/aromatic N) is 3. The number of fused-ring (bicyclic) bond motifs is 5. The third kappa shape index (κ3) is 4.46. The van der Waals surface area contributed by atoms with Crippen molar-refractivity contribution in [2.24, 2.45) is 0 Å². The van der Waals surface area contributed by atoms with Crippen LogP contribution in [0.5, 0.6) is 11.6 Å². The molecule has 9 nitrogen and oxygen atoms in total. The van der Waals surface area contributed by atoms with Crippen molar-refractivity contribution in [3.05, 3.63) is 47.3 Å². The molecule has 0 atom stereocenters. The number of nitrogens with one attached hydrogen (secondary N) is 2. The summed E-state index contributed by atoms with van der Waals surface area (Å²) < 4.78 is 46.2. The highest BCUT2D eigenvalue weighted by Crippen LogP contribution is 2.46. The second-order valence-corrected chi connectivity index (χ2v) is 10.0. The van der Waals surface area contributed by atoms with Crippen molar-refractivity contribution >= 4 is 22.8 Å². The fourth-order valence-corrected chi connectivity index (χ4v) is 5.51. The first-order chi connectivity index (χ1) is 17.9. The van der Waals surface area contributed by atoms with Crippen LogP contribution in [0, 0.1) is 11.6 Å². The maximum Gasteiger partial charge on any atom is 0.263 e. The summed E-state index contributed by atoms with van der Waals surface area (Å²) in [5.41, 5.74) is 1.26. The van der Waals surface area contributed by atoms with Gasteiger partial charge in [0.15, 0.2) is 18.2 Å². The van der Waals surface area contributed by atoms with E-state index >= 15 is 0 Å². The van der Waals surface area contributed by atoms with Gasteiger partial charge < -0.3 is 24.8 Å². The first-order valence-electron chi connectivity index (χ1n) is 12.4. The first-order valence-corrected chi connectivity index (χ1v) is 12.4. The lowest BCUT2D eigenvalue weighted by atomic mass is 9.69. The van der Waals surface area contributed by atoms with Crippen LogP contribution < -0.4 is 20.1 Å². The van der Waals surface area contributed by atoms with Gasteiger partial charge in [-0.05, 0) is 44.6 Å². The number of rotatable bonds is 7. The molecule has 6 heterocycles. The Morgan fingerprint density at radius 2 is 2.00 bits per heavy atom. The van der Waals surface area contributed by atoms with Gasteiger partial charge >= 0.3 is 0 Å². The highest BCUT2D eigenvalue weighted by Gasteiger charge is 2.49. The minimum absolute atomic E-state index is 0.150. The molecule has 1 saturated carbocycles. The highest BCUT2D eigenvalue weighted by atomic mass is 19.1. The number of aryl methyl sites for hydroxylation is 1. The second-order valence-electron chi connectivity index (χ2n) is 10.0. The van der Waals surface area contributed by atoms with Crippen molar-refractivity contribution in [3.8, 4) is 11.6 Å². The average Bonchev–Trinajstić information content (AvgIpc) is 2.92.